The van der Waals surface area contributed by atoms with Crippen LogP contribution in [0.2, 0.25) is 0 Å². The molecule has 5 nitrogen and oxygen atoms in total. The molecule has 0 saturated carbocycles. The fourth-order valence-electron chi connectivity index (χ4n) is 2.69. The third kappa shape index (κ3) is 4.44. The zero-order valence-corrected chi connectivity index (χ0v) is 15.5. The predicted octanol–water partition coefficient (Wildman–Crippen LogP) is 4.32. The Balaban J connectivity index is 2.16. The molecular weight excluding hydrogens is 316 g/mol. The summed E-state index contributed by atoms with van der Waals surface area (Å²) >= 11 is 0. The number of hydrogen-bond donors (Lipinski definition) is 2. The molecule has 0 heterocycles. The van der Waals surface area contributed by atoms with Crippen LogP contribution in [0.4, 0.5) is 10.5 Å². The van der Waals surface area contributed by atoms with Gasteiger partial charge in [-0.15, -0.1) is 0 Å². The van der Waals surface area contributed by atoms with Crippen LogP contribution >= 0.6 is 0 Å². The van der Waals surface area contributed by atoms with Crippen molar-refractivity contribution in [3.63, 3.8) is 0 Å². The summed E-state index contributed by atoms with van der Waals surface area (Å²) in [5.74, 6) is 1.29. The van der Waals surface area contributed by atoms with Gasteiger partial charge in [0.1, 0.15) is 0 Å². The van der Waals surface area contributed by atoms with Crippen LogP contribution in [0.3, 0.4) is 0 Å². The second-order valence-electron chi connectivity index (χ2n) is 6.28. The van der Waals surface area contributed by atoms with Crippen molar-refractivity contribution in [2.24, 2.45) is 0 Å². The number of methoxy groups -OCH3 is 2. The highest BCUT2D eigenvalue weighted by atomic mass is 16.5. The van der Waals surface area contributed by atoms with E-state index in [1.807, 2.05) is 56.3 Å². The number of para-hydroxylation sites is 1. The molecule has 0 saturated heterocycles. The van der Waals surface area contributed by atoms with Gasteiger partial charge in [-0.05, 0) is 49.6 Å². The lowest BCUT2D eigenvalue weighted by molar-refractivity contribution is 0.241. The van der Waals surface area contributed by atoms with E-state index in [0.717, 1.165) is 23.2 Å². The van der Waals surface area contributed by atoms with Gasteiger partial charge in [-0.1, -0.05) is 31.2 Å². The Kier molecular flexibility index (Phi) is 5.91. The van der Waals surface area contributed by atoms with Crippen LogP contribution in [0.25, 0.3) is 0 Å². The first-order chi connectivity index (χ1) is 11.9. The fourth-order valence-corrected chi connectivity index (χ4v) is 2.69. The molecule has 0 aromatic heterocycles. The summed E-state index contributed by atoms with van der Waals surface area (Å²) in [5.41, 5.74) is 2.27. The summed E-state index contributed by atoms with van der Waals surface area (Å²) in [4.78, 5) is 12.5. The van der Waals surface area contributed by atoms with Crippen molar-refractivity contribution >= 4 is 11.7 Å². The molecule has 2 aromatic rings. The SMILES string of the molecule is CCc1ccccc1NC(=O)NC(C)(C)c1ccc(OC)c(OC)c1. The third-order valence-corrected chi connectivity index (χ3v) is 4.18. The van der Waals surface area contributed by atoms with Gasteiger partial charge in [-0.25, -0.2) is 4.79 Å². The Hall–Kier alpha value is -2.69. The molecule has 2 rings (SSSR count). The van der Waals surface area contributed by atoms with Gasteiger partial charge in [0.2, 0.25) is 0 Å². The Morgan fingerprint density at radius 1 is 1.04 bits per heavy atom. The van der Waals surface area contributed by atoms with Crippen molar-refractivity contribution in [1.82, 2.24) is 5.32 Å². The van der Waals surface area contributed by atoms with Gasteiger partial charge in [-0.2, -0.15) is 0 Å². The van der Waals surface area contributed by atoms with Gasteiger partial charge in [0.15, 0.2) is 11.5 Å². The molecule has 0 unspecified atom stereocenters. The summed E-state index contributed by atoms with van der Waals surface area (Å²) in [6.07, 6.45) is 0.857. The van der Waals surface area contributed by atoms with Crippen molar-refractivity contribution in [3.8, 4) is 11.5 Å². The molecule has 0 aliphatic rings. The number of carbonyl (C=O) groups is 1. The number of nitrogens with one attached hydrogen (secondary N) is 2. The number of ether oxygens (including phenoxy) is 2. The number of urea groups is 1. The second kappa shape index (κ2) is 7.92. The quantitative estimate of drug-likeness (QED) is 0.822. The molecule has 0 aliphatic heterocycles. The van der Waals surface area contributed by atoms with Crippen molar-refractivity contribution < 1.29 is 14.3 Å². The first kappa shape index (κ1) is 18.6. The van der Waals surface area contributed by atoms with Crippen molar-refractivity contribution in [3.05, 3.63) is 53.6 Å². The summed E-state index contributed by atoms with van der Waals surface area (Å²) in [5, 5.41) is 5.95. The van der Waals surface area contributed by atoms with Crippen LogP contribution in [-0.2, 0) is 12.0 Å². The summed E-state index contributed by atoms with van der Waals surface area (Å²) in [6, 6.07) is 13.2. The zero-order chi connectivity index (χ0) is 18.4. The van der Waals surface area contributed by atoms with Gasteiger partial charge in [0, 0.05) is 5.69 Å². The predicted molar refractivity (Wildman–Crippen MR) is 101 cm³/mol. The molecule has 2 N–H and O–H groups in total. The standard InChI is InChI=1S/C20H26N2O3/c1-6-14-9-7-8-10-16(14)21-19(23)22-20(2,3)15-11-12-17(24-4)18(13-15)25-5/h7-13H,6H2,1-5H3,(H2,21,22,23). The lowest BCUT2D eigenvalue weighted by atomic mass is 9.94. The Morgan fingerprint density at radius 3 is 2.36 bits per heavy atom. The van der Waals surface area contributed by atoms with E-state index in [1.54, 1.807) is 14.2 Å². The van der Waals surface area contributed by atoms with Crippen LogP contribution in [-0.4, -0.2) is 20.3 Å². The summed E-state index contributed by atoms with van der Waals surface area (Å²) in [7, 11) is 3.19. The van der Waals surface area contributed by atoms with E-state index >= 15 is 0 Å². The monoisotopic (exact) mass is 342 g/mol. The highest BCUT2D eigenvalue weighted by Crippen LogP contribution is 2.32. The van der Waals surface area contributed by atoms with Crippen LogP contribution in [0.5, 0.6) is 11.5 Å². The molecule has 0 bridgehead atoms. The minimum absolute atomic E-state index is 0.249. The van der Waals surface area contributed by atoms with Crippen molar-refractivity contribution in [2.45, 2.75) is 32.7 Å². The number of benzene rings is 2. The van der Waals surface area contributed by atoms with E-state index in [4.69, 9.17) is 9.47 Å². The number of hydrogen-bond acceptors (Lipinski definition) is 3. The number of aryl methyl sites for hydroxylation is 1. The zero-order valence-electron chi connectivity index (χ0n) is 15.5. The average molecular weight is 342 g/mol. The summed E-state index contributed by atoms with van der Waals surface area (Å²) < 4.78 is 10.6. The van der Waals surface area contributed by atoms with Gasteiger partial charge in [0.05, 0.1) is 19.8 Å². The topological polar surface area (TPSA) is 59.6 Å². The van der Waals surface area contributed by atoms with E-state index in [-0.39, 0.29) is 6.03 Å². The molecule has 5 heteroatoms. The minimum Gasteiger partial charge on any atom is -0.493 e. The molecule has 25 heavy (non-hydrogen) atoms. The Labute approximate surface area is 149 Å². The molecule has 0 aliphatic carbocycles. The normalized spacial score (nSPS) is 10.9. The number of rotatable bonds is 6. The van der Waals surface area contributed by atoms with E-state index in [0.29, 0.717) is 11.5 Å². The van der Waals surface area contributed by atoms with Gasteiger partial charge in [0.25, 0.3) is 0 Å². The molecule has 0 radical (unpaired) electrons. The Morgan fingerprint density at radius 2 is 1.72 bits per heavy atom. The maximum Gasteiger partial charge on any atom is 0.319 e. The highest BCUT2D eigenvalue weighted by Gasteiger charge is 2.24. The smallest absolute Gasteiger partial charge is 0.319 e. The largest absolute Gasteiger partial charge is 0.493 e. The molecule has 0 atom stereocenters. The van der Waals surface area contributed by atoms with Crippen LogP contribution in [0.15, 0.2) is 42.5 Å². The first-order valence-electron chi connectivity index (χ1n) is 8.30. The molecule has 2 aromatic carbocycles. The maximum atomic E-state index is 12.5. The number of amides is 2. The second-order valence-corrected chi connectivity index (χ2v) is 6.28. The minimum atomic E-state index is -0.579. The Bertz CT molecular complexity index is 741. The van der Waals surface area contributed by atoms with E-state index in [1.165, 1.54) is 0 Å². The van der Waals surface area contributed by atoms with Gasteiger partial charge >= 0.3 is 6.03 Å². The van der Waals surface area contributed by atoms with Gasteiger partial charge in [-0.3, -0.25) is 0 Å². The lowest BCUT2D eigenvalue weighted by Crippen LogP contribution is -2.43. The molecule has 0 fully saturated rings. The third-order valence-electron chi connectivity index (χ3n) is 4.18. The number of anilines is 1. The lowest BCUT2D eigenvalue weighted by Gasteiger charge is -2.28. The average Bonchev–Trinajstić information content (AvgIpc) is 2.60. The maximum absolute atomic E-state index is 12.5. The van der Waals surface area contributed by atoms with E-state index < -0.39 is 5.54 Å². The molecule has 134 valence electrons. The van der Waals surface area contributed by atoms with Gasteiger partial charge < -0.3 is 20.1 Å². The van der Waals surface area contributed by atoms with Crippen molar-refractivity contribution in [1.29, 1.82) is 0 Å². The van der Waals surface area contributed by atoms with Crippen LogP contribution in [0.1, 0.15) is 31.9 Å². The van der Waals surface area contributed by atoms with Crippen LogP contribution < -0.4 is 20.1 Å². The van der Waals surface area contributed by atoms with Crippen molar-refractivity contribution in [2.75, 3.05) is 19.5 Å². The summed E-state index contributed by atoms with van der Waals surface area (Å²) in [6.45, 7) is 5.95. The molecule has 0 spiro atoms. The molecule has 2 amide bonds. The van der Waals surface area contributed by atoms with Crippen LogP contribution in [0, 0.1) is 0 Å². The fraction of sp³-hybridized carbons (Fsp3) is 0.350. The van der Waals surface area contributed by atoms with E-state index in [9.17, 15) is 4.79 Å². The van der Waals surface area contributed by atoms with E-state index in [2.05, 4.69) is 17.6 Å². The number of carbonyl (C=O) groups excluding carboxylic acids is 1. The highest BCUT2D eigenvalue weighted by molar-refractivity contribution is 5.90. The molecular formula is C20H26N2O3. The first-order valence-corrected chi connectivity index (χ1v) is 8.30.